The highest BCUT2D eigenvalue weighted by atomic mass is 16.4. The van der Waals surface area contributed by atoms with E-state index in [4.69, 9.17) is 10.2 Å². The van der Waals surface area contributed by atoms with Crippen molar-refractivity contribution in [1.82, 2.24) is 4.98 Å². The van der Waals surface area contributed by atoms with Gasteiger partial charge in [0.15, 0.2) is 5.58 Å². The number of aromatic nitrogens is 1. The lowest BCUT2D eigenvalue weighted by Gasteiger charge is -2.38. The van der Waals surface area contributed by atoms with Gasteiger partial charge in [0.2, 0.25) is 11.8 Å². The number of carbonyl (C=O) groups excluding carboxylic acids is 1. The van der Waals surface area contributed by atoms with Crippen molar-refractivity contribution in [1.29, 1.82) is 0 Å². The van der Waals surface area contributed by atoms with E-state index in [2.05, 4.69) is 17.1 Å². The zero-order valence-electron chi connectivity index (χ0n) is 16.2. The van der Waals surface area contributed by atoms with Crippen LogP contribution in [0.5, 0.6) is 0 Å². The van der Waals surface area contributed by atoms with E-state index in [1.807, 2.05) is 6.07 Å². The molecule has 2 aromatic rings. The van der Waals surface area contributed by atoms with Gasteiger partial charge in [-0.2, -0.15) is 0 Å². The molecule has 3 N–H and O–H groups in total. The molecule has 6 nitrogen and oxygen atoms in total. The van der Waals surface area contributed by atoms with E-state index >= 15 is 0 Å². The van der Waals surface area contributed by atoms with E-state index in [-0.39, 0.29) is 12.3 Å². The van der Waals surface area contributed by atoms with Crippen LogP contribution in [0, 0.1) is 5.92 Å². The van der Waals surface area contributed by atoms with Gasteiger partial charge in [-0.25, -0.2) is 4.98 Å². The molecule has 1 heterocycles. The zero-order chi connectivity index (χ0) is 19.7. The first-order chi connectivity index (χ1) is 13.5. The highest BCUT2D eigenvalue weighted by Gasteiger charge is 2.51. The molecule has 2 fully saturated rings. The third-order valence-electron chi connectivity index (χ3n) is 6.80. The second kappa shape index (κ2) is 7.57. The van der Waals surface area contributed by atoms with Gasteiger partial charge >= 0.3 is 5.97 Å². The highest BCUT2D eigenvalue weighted by Crippen LogP contribution is 2.46. The Morgan fingerprint density at radius 3 is 2.61 bits per heavy atom. The highest BCUT2D eigenvalue weighted by molar-refractivity contribution is 5.88. The summed E-state index contributed by atoms with van der Waals surface area (Å²) in [7, 11) is 0. The first-order valence-electron chi connectivity index (χ1n) is 10.4. The normalized spacial score (nSPS) is 26.4. The minimum absolute atomic E-state index is 0.102. The Labute approximate surface area is 164 Å². The summed E-state index contributed by atoms with van der Waals surface area (Å²) in [6.07, 6.45) is 8.94. The summed E-state index contributed by atoms with van der Waals surface area (Å²) in [6.45, 7) is 0. The molecule has 2 unspecified atom stereocenters. The number of fused-ring (bicyclic) bond motifs is 1. The fraction of sp³-hybridized carbons (Fsp3) is 0.591. The minimum Gasteiger partial charge on any atom is -0.481 e. The van der Waals surface area contributed by atoms with Crippen LogP contribution in [0.4, 0.5) is 0 Å². The van der Waals surface area contributed by atoms with E-state index in [1.54, 1.807) is 0 Å². The van der Waals surface area contributed by atoms with Gasteiger partial charge in [-0.1, -0.05) is 38.2 Å². The molecule has 28 heavy (non-hydrogen) atoms. The lowest BCUT2D eigenvalue weighted by Crippen LogP contribution is -2.50. The Kier molecular flexibility index (Phi) is 5.13. The molecule has 2 atom stereocenters. The number of benzene rings is 1. The van der Waals surface area contributed by atoms with Gasteiger partial charge < -0.3 is 15.3 Å². The van der Waals surface area contributed by atoms with Crippen molar-refractivity contribution in [3.63, 3.8) is 0 Å². The summed E-state index contributed by atoms with van der Waals surface area (Å²) < 4.78 is 6.02. The summed E-state index contributed by atoms with van der Waals surface area (Å²) in [5.74, 6) is -0.993. The number of carboxylic acids is 1. The summed E-state index contributed by atoms with van der Waals surface area (Å²) in [6, 6.07) is 6.10. The monoisotopic (exact) mass is 384 g/mol. The molecule has 1 aromatic carbocycles. The van der Waals surface area contributed by atoms with Gasteiger partial charge in [-0.15, -0.1) is 0 Å². The SMILES string of the molecule is NC(=O)C1(c2nc3cc(C4CCCCC4)ccc3o2)CCCCC1CC(=O)O. The fourth-order valence-corrected chi connectivity index (χ4v) is 5.27. The Morgan fingerprint density at radius 2 is 1.89 bits per heavy atom. The second-order valence-corrected chi connectivity index (χ2v) is 8.46. The fourth-order valence-electron chi connectivity index (χ4n) is 5.27. The molecule has 0 aliphatic heterocycles. The summed E-state index contributed by atoms with van der Waals surface area (Å²) in [5.41, 5.74) is 7.34. The standard InChI is InChI=1S/C22H28N2O4/c23-20(27)22(11-5-4-8-16(22)13-19(25)26)21-24-17-12-15(9-10-18(17)28-21)14-6-2-1-3-7-14/h9-10,12,14,16H,1-8,11,13H2,(H2,23,27)(H,25,26). The molecular formula is C22H28N2O4. The summed E-state index contributed by atoms with van der Waals surface area (Å²) >= 11 is 0. The van der Waals surface area contributed by atoms with Crippen molar-refractivity contribution in [2.24, 2.45) is 11.7 Å². The van der Waals surface area contributed by atoms with Crippen LogP contribution >= 0.6 is 0 Å². The number of primary amides is 1. The second-order valence-electron chi connectivity index (χ2n) is 8.46. The smallest absolute Gasteiger partial charge is 0.303 e. The van der Waals surface area contributed by atoms with Crippen LogP contribution in [0.2, 0.25) is 0 Å². The average molecular weight is 384 g/mol. The van der Waals surface area contributed by atoms with Crippen LogP contribution in [0.15, 0.2) is 22.6 Å². The zero-order valence-corrected chi connectivity index (χ0v) is 16.2. The summed E-state index contributed by atoms with van der Waals surface area (Å²) in [5, 5.41) is 9.34. The number of hydrogen-bond donors (Lipinski definition) is 2. The number of rotatable bonds is 5. The van der Waals surface area contributed by atoms with Crippen molar-refractivity contribution in [2.45, 2.75) is 75.5 Å². The molecule has 0 spiro atoms. The van der Waals surface area contributed by atoms with Crippen LogP contribution in [-0.4, -0.2) is 22.0 Å². The molecule has 0 bridgehead atoms. The van der Waals surface area contributed by atoms with E-state index in [9.17, 15) is 14.7 Å². The van der Waals surface area contributed by atoms with Crippen molar-refractivity contribution < 1.29 is 19.1 Å². The van der Waals surface area contributed by atoms with Crippen LogP contribution in [0.3, 0.4) is 0 Å². The number of amides is 1. The van der Waals surface area contributed by atoms with Gasteiger partial charge in [0.1, 0.15) is 10.9 Å². The Hall–Kier alpha value is -2.37. The van der Waals surface area contributed by atoms with Gasteiger partial charge in [0, 0.05) is 6.42 Å². The predicted molar refractivity (Wildman–Crippen MR) is 105 cm³/mol. The van der Waals surface area contributed by atoms with E-state index in [0.717, 1.165) is 18.4 Å². The van der Waals surface area contributed by atoms with E-state index in [1.165, 1.54) is 37.7 Å². The number of nitrogens with zero attached hydrogens (tertiary/aromatic N) is 1. The molecule has 0 saturated heterocycles. The molecule has 1 aromatic heterocycles. The Bertz CT molecular complexity index is 884. The topological polar surface area (TPSA) is 106 Å². The third kappa shape index (κ3) is 3.29. The van der Waals surface area contributed by atoms with Crippen molar-refractivity contribution in [2.75, 3.05) is 0 Å². The molecule has 2 saturated carbocycles. The van der Waals surface area contributed by atoms with Crippen LogP contribution in [0.25, 0.3) is 11.1 Å². The molecule has 0 radical (unpaired) electrons. The quantitative estimate of drug-likeness (QED) is 0.801. The molecule has 4 rings (SSSR count). The molecule has 2 aliphatic rings. The third-order valence-corrected chi connectivity index (χ3v) is 6.80. The molecule has 150 valence electrons. The maximum Gasteiger partial charge on any atom is 0.303 e. The molecule has 1 amide bonds. The van der Waals surface area contributed by atoms with E-state index < -0.39 is 17.3 Å². The number of nitrogens with two attached hydrogens (primary N) is 1. The van der Waals surface area contributed by atoms with Gasteiger partial charge in [-0.05, 0) is 55.2 Å². The average Bonchev–Trinajstić information content (AvgIpc) is 3.12. The van der Waals surface area contributed by atoms with Gasteiger partial charge in [0.25, 0.3) is 0 Å². The van der Waals surface area contributed by atoms with Crippen LogP contribution < -0.4 is 5.73 Å². The van der Waals surface area contributed by atoms with Crippen molar-refractivity contribution >= 4 is 23.0 Å². The number of carboxylic acid groups (broad SMARTS) is 1. The largest absolute Gasteiger partial charge is 0.481 e. The van der Waals surface area contributed by atoms with Crippen molar-refractivity contribution in [3.8, 4) is 0 Å². The first-order valence-corrected chi connectivity index (χ1v) is 10.4. The first kappa shape index (κ1) is 19.0. The van der Waals surface area contributed by atoms with Crippen molar-refractivity contribution in [3.05, 3.63) is 29.7 Å². The number of oxazole rings is 1. The molecular weight excluding hydrogens is 356 g/mol. The lowest BCUT2D eigenvalue weighted by atomic mass is 9.64. The number of aliphatic carboxylic acids is 1. The summed E-state index contributed by atoms with van der Waals surface area (Å²) in [4.78, 5) is 28.7. The van der Waals surface area contributed by atoms with Gasteiger partial charge in [0.05, 0.1) is 0 Å². The Balaban J connectivity index is 1.74. The number of hydrogen-bond acceptors (Lipinski definition) is 4. The molecule has 6 heteroatoms. The number of carbonyl (C=O) groups is 2. The Morgan fingerprint density at radius 1 is 1.14 bits per heavy atom. The lowest BCUT2D eigenvalue weighted by molar-refractivity contribution is -0.140. The maximum atomic E-state index is 12.6. The van der Waals surface area contributed by atoms with Gasteiger partial charge in [-0.3, -0.25) is 9.59 Å². The van der Waals surface area contributed by atoms with Crippen LogP contribution in [0.1, 0.15) is 81.6 Å². The van der Waals surface area contributed by atoms with Crippen LogP contribution in [-0.2, 0) is 15.0 Å². The molecule has 2 aliphatic carbocycles. The predicted octanol–water partition coefficient (Wildman–Crippen LogP) is 4.26. The van der Waals surface area contributed by atoms with E-state index in [0.29, 0.717) is 30.2 Å². The maximum absolute atomic E-state index is 12.6. The minimum atomic E-state index is -1.14.